The van der Waals surface area contributed by atoms with Crippen molar-refractivity contribution in [2.24, 2.45) is 0 Å². The highest BCUT2D eigenvalue weighted by Gasteiger charge is 2.28. The number of hydrogen-bond acceptors (Lipinski definition) is 5. The summed E-state index contributed by atoms with van der Waals surface area (Å²) in [7, 11) is 0. The minimum absolute atomic E-state index is 0.106. The lowest BCUT2D eigenvalue weighted by atomic mass is 10.1. The fourth-order valence-corrected chi connectivity index (χ4v) is 4.81. The first kappa shape index (κ1) is 18.9. The molecule has 1 unspecified atom stereocenters. The van der Waals surface area contributed by atoms with Gasteiger partial charge >= 0.3 is 0 Å². The molecule has 1 aromatic heterocycles. The second-order valence-electron chi connectivity index (χ2n) is 6.48. The van der Waals surface area contributed by atoms with Crippen molar-refractivity contribution in [3.05, 3.63) is 43.8 Å². The molecule has 2 aliphatic rings. The molecule has 0 radical (unpaired) electrons. The molecule has 6 nitrogen and oxygen atoms in total. The van der Waals surface area contributed by atoms with E-state index in [4.69, 9.17) is 16.3 Å². The van der Waals surface area contributed by atoms with Crippen molar-refractivity contribution in [3.63, 3.8) is 0 Å². The van der Waals surface area contributed by atoms with Crippen LogP contribution in [0.5, 0.6) is 0 Å². The summed E-state index contributed by atoms with van der Waals surface area (Å²) in [4.78, 5) is 32.3. The van der Waals surface area contributed by atoms with Crippen LogP contribution in [0.15, 0.2) is 22.7 Å². The van der Waals surface area contributed by atoms with Crippen molar-refractivity contribution in [2.75, 3.05) is 18.5 Å². The zero-order valence-electron chi connectivity index (χ0n) is 14.3. The number of anilines is 1. The van der Waals surface area contributed by atoms with Crippen LogP contribution in [-0.4, -0.2) is 41.0 Å². The fraction of sp³-hybridized carbons (Fsp3) is 0.389. The van der Waals surface area contributed by atoms with E-state index in [1.807, 2.05) is 0 Å². The zero-order chi connectivity index (χ0) is 19.0. The molecule has 3 heterocycles. The Balaban J connectivity index is 1.47. The van der Waals surface area contributed by atoms with Gasteiger partial charge in [0.25, 0.3) is 11.8 Å². The summed E-state index contributed by atoms with van der Waals surface area (Å²) in [5.74, 6) is -0.252. The molecule has 1 N–H and O–H groups in total. The van der Waals surface area contributed by atoms with Gasteiger partial charge in [-0.3, -0.25) is 14.9 Å². The van der Waals surface area contributed by atoms with Gasteiger partial charge in [-0.05, 0) is 31.0 Å². The first-order valence-corrected chi connectivity index (χ1v) is 10.7. The van der Waals surface area contributed by atoms with Gasteiger partial charge in [0.05, 0.1) is 22.8 Å². The van der Waals surface area contributed by atoms with Crippen molar-refractivity contribution in [3.8, 4) is 0 Å². The van der Waals surface area contributed by atoms with Gasteiger partial charge in [-0.15, -0.1) is 0 Å². The van der Waals surface area contributed by atoms with Crippen LogP contribution in [0.1, 0.15) is 33.8 Å². The van der Waals surface area contributed by atoms with E-state index in [0.29, 0.717) is 41.8 Å². The number of carbonyl (C=O) groups is 2. The van der Waals surface area contributed by atoms with Crippen LogP contribution in [0.4, 0.5) is 5.13 Å². The SMILES string of the molecule is O=C(Nc1nc2c(s1)CN(C(=O)c1cc(Br)ccc1Cl)CC2)C1CCCO1. The molecular weight excluding hydrogens is 454 g/mol. The highest BCUT2D eigenvalue weighted by molar-refractivity contribution is 9.10. The van der Waals surface area contributed by atoms with Crippen LogP contribution in [0.3, 0.4) is 0 Å². The average Bonchev–Trinajstić information content (AvgIpc) is 3.31. The van der Waals surface area contributed by atoms with Crippen LogP contribution >= 0.6 is 38.9 Å². The maximum atomic E-state index is 12.9. The van der Waals surface area contributed by atoms with E-state index in [-0.39, 0.29) is 17.9 Å². The van der Waals surface area contributed by atoms with Gasteiger partial charge in [-0.25, -0.2) is 4.98 Å². The number of ether oxygens (including phenoxy) is 1. The second kappa shape index (κ2) is 7.87. The number of nitrogens with one attached hydrogen (secondary N) is 1. The second-order valence-corrected chi connectivity index (χ2v) is 8.89. The van der Waals surface area contributed by atoms with Crippen LogP contribution in [0.25, 0.3) is 0 Å². The molecule has 0 saturated carbocycles. The third-order valence-electron chi connectivity index (χ3n) is 4.63. The van der Waals surface area contributed by atoms with Crippen molar-refractivity contribution < 1.29 is 14.3 Å². The van der Waals surface area contributed by atoms with Crippen LogP contribution in [0.2, 0.25) is 5.02 Å². The fourth-order valence-electron chi connectivity index (χ4n) is 3.22. The van der Waals surface area contributed by atoms with Crippen molar-refractivity contribution in [2.45, 2.75) is 31.9 Å². The number of nitrogens with zero attached hydrogens (tertiary/aromatic N) is 2. The highest BCUT2D eigenvalue weighted by Crippen LogP contribution is 2.31. The Bertz CT molecular complexity index is 898. The third-order valence-corrected chi connectivity index (χ3v) is 6.45. The van der Waals surface area contributed by atoms with Gasteiger partial charge in [-0.1, -0.05) is 38.9 Å². The summed E-state index contributed by atoms with van der Waals surface area (Å²) < 4.78 is 6.21. The highest BCUT2D eigenvalue weighted by atomic mass is 79.9. The van der Waals surface area contributed by atoms with E-state index in [1.54, 1.807) is 23.1 Å². The summed E-state index contributed by atoms with van der Waals surface area (Å²) in [5.41, 5.74) is 1.41. The van der Waals surface area contributed by atoms with E-state index < -0.39 is 0 Å². The number of amides is 2. The molecule has 2 amide bonds. The predicted molar refractivity (Wildman–Crippen MR) is 107 cm³/mol. The van der Waals surface area contributed by atoms with E-state index in [2.05, 4.69) is 26.2 Å². The molecule has 1 atom stereocenters. The minimum Gasteiger partial charge on any atom is -0.368 e. The summed E-state index contributed by atoms with van der Waals surface area (Å²) in [6.45, 7) is 1.66. The Hall–Kier alpha value is -1.48. The molecule has 2 aromatic rings. The molecule has 1 fully saturated rings. The molecule has 1 saturated heterocycles. The van der Waals surface area contributed by atoms with Gasteiger partial charge in [0.15, 0.2) is 5.13 Å². The number of thiazole rings is 1. The zero-order valence-corrected chi connectivity index (χ0v) is 17.5. The number of fused-ring (bicyclic) bond motifs is 1. The number of hydrogen-bond donors (Lipinski definition) is 1. The van der Waals surface area contributed by atoms with Crippen molar-refractivity contribution >= 4 is 55.8 Å². The predicted octanol–water partition coefficient (Wildman–Crippen LogP) is 3.88. The molecule has 0 aliphatic carbocycles. The monoisotopic (exact) mass is 469 g/mol. The maximum absolute atomic E-state index is 12.9. The molecule has 2 aliphatic heterocycles. The van der Waals surface area contributed by atoms with E-state index in [0.717, 1.165) is 27.9 Å². The quantitative estimate of drug-likeness (QED) is 0.739. The normalized spacial score (nSPS) is 19.0. The Morgan fingerprint density at radius 3 is 3.04 bits per heavy atom. The van der Waals surface area contributed by atoms with Crippen LogP contribution in [0, 0.1) is 0 Å². The molecule has 0 bridgehead atoms. The van der Waals surface area contributed by atoms with E-state index in [1.165, 1.54) is 11.3 Å². The standard InChI is InChI=1S/C18H17BrClN3O3S/c19-10-3-4-12(20)11(8-10)17(25)23-6-5-13-15(9-23)27-18(21-13)22-16(24)14-2-1-7-26-14/h3-4,8,14H,1-2,5-7,9H2,(H,21,22,24). The minimum atomic E-state index is -0.386. The summed E-state index contributed by atoms with van der Waals surface area (Å²) >= 11 is 11.0. The number of halogens is 2. The van der Waals surface area contributed by atoms with Crippen molar-refractivity contribution in [1.29, 1.82) is 0 Å². The Morgan fingerprint density at radius 2 is 2.26 bits per heavy atom. The molecule has 27 heavy (non-hydrogen) atoms. The number of carbonyl (C=O) groups excluding carboxylic acids is 2. The Kier molecular flexibility index (Phi) is 5.50. The van der Waals surface area contributed by atoms with Crippen LogP contribution in [-0.2, 0) is 22.5 Å². The Morgan fingerprint density at radius 1 is 1.41 bits per heavy atom. The average molecular weight is 471 g/mol. The lowest BCUT2D eigenvalue weighted by Gasteiger charge is -2.26. The van der Waals surface area contributed by atoms with Gasteiger partial charge in [0.1, 0.15) is 6.10 Å². The first-order chi connectivity index (χ1) is 13.0. The number of benzene rings is 1. The summed E-state index contributed by atoms with van der Waals surface area (Å²) in [6, 6.07) is 5.25. The smallest absolute Gasteiger partial charge is 0.255 e. The molecule has 4 rings (SSSR count). The first-order valence-electron chi connectivity index (χ1n) is 8.66. The number of aromatic nitrogens is 1. The van der Waals surface area contributed by atoms with E-state index in [9.17, 15) is 9.59 Å². The van der Waals surface area contributed by atoms with Crippen molar-refractivity contribution in [1.82, 2.24) is 9.88 Å². The summed E-state index contributed by atoms with van der Waals surface area (Å²) in [5, 5.41) is 3.84. The maximum Gasteiger partial charge on any atom is 0.255 e. The van der Waals surface area contributed by atoms with Gasteiger partial charge in [0.2, 0.25) is 0 Å². The topological polar surface area (TPSA) is 71.5 Å². The van der Waals surface area contributed by atoms with E-state index >= 15 is 0 Å². The molecule has 1 aromatic carbocycles. The lowest BCUT2D eigenvalue weighted by molar-refractivity contribution is -0.124. The largest absolute Gasteiger partial charge is 0.368 e. The molecular formula is C18H17BrClN3O3S. The number of rotatable bonds is 3. The van der Waals surface area contributed by atoms with Gasteiger partial charge in [0, 0.05) is 28.9 Å². The third kappa shape index (κ3) is 4.03. The van der Waals surface area contributed by atoms with Crippen LogP contribution < -0.4 is 5.32 Å². The summed E-state index contributed by atoms with van der Waals surface area (Å²) in [6.07, 6.45) is 1.91. The Labute approximate surface area is 174 Å². The van der Waals surface area contributed by atoms with Gasteiger partial charge in [-0.2, -0.15) is 0 Å². The lowest BCUT2D eigenvalue weighted by Crippen LogP contribution is -2.35. The molecule has 142 valence electrons. The molecule has 9 heteroatoms. The van der Waals surface area contributed by atoms with Gasteiger partial charge < -0.3 is 9.64 Å². The molecule has 0 spiro atoms.